The molecule has 0 bridgehead atoms. The van der Waals surface area contributed by atoms with E-state index in [-0.39, 0.29) is 43.2 Å². The maximum Gasteiger partial charge on any atom is 0.310 e. The highest BCUT2D eigenvalue weighted by Gasteiger charge is 2.52. The Labute approximate surface area is 268 Å². The number of carbonyl (C=O) groups is 2. The second kappa shape index (κ2) is 12.7. The summed E-state index contributed by atoms with van der Waals surface area (Å²) in [6.07, 6.45) is 4.62. The van der Waals surface area contributed by atoms with Gasteiger partial charge in [-0.15, -0.1) is 0 Å². The van der Waals surface area contributed by atoms with Crippen molar-refractivity contribution in [2.24, 2.45) is 11.8 Å². The molecule has 0 spiro atoms. The molecule has 3 heterocycles. The van der Waals surface area contributed by atoms with Gasteiger partial charge in [0.25, 0.3) is 0 Å². The highest BCUT2D eigenvalue weighted by molar-refractivity contribution is 5.79. The van der Waals surface area contributed by atoms with Gasteiger partial charge < -0.3 is 38.6 Å². The van der Waals surface area contributed by atoms with Gasteiger partial charge in [0.05, 0.1) is 39.9 Å². The van der Waals surface area contributed by atoms with E-state index in [2.05, 4.69) is 17.4 Å². The van der Waals surface area contributed by atoms with Crippen LogP contribution in [0.2, 0.25) is 0 Å². The third-order valence-electron chi connectivity index (χ3n) is 9.85. The first-order valence-electron chi connectivity index (χ1n) is 16.0. The van der Waals surface area contributed by atoms with E-state index in [4.69, 9.17) is 28.4 Å². The summed E-state index contributed by atoms with van der Waals surface area (Å²) in [7, 11) is 4.73. The molecule has 1 N–H and O–H groups in total. The van der Waals surface area contributed by atoms with Gasteiger partial charge >= 0.3 is 5.97 Å². The standard InChI is InChI=1S/C36H40N2O8/c1-41-29-15-22(16-30(42-2)35(29)43-3)32-24-17-27-28(46-20-45-27)18-25(24)34(26-19-44-36(40)33(26)32)37-23-10-7-21(8-11-23)9-12-31(39)38-13-5-4-6-14-38/h7-8,10-11,15-18,26,32-34,37H,4-6,9,12-14,19-20H2,1-3H3/t26-,32+,33-,34+/m0/s1. The van der Waals surface area contributed by atoms with Crippen molar-refractivity contribution in [1.29, 1.82) is 0 Å². The van der Waals surface area contributed by atoms with Gasteiger partial charge in [0.15, 0.2) is 23.0 Å². The molecule has 3 aliphatic heterocycles. The first kappa shape index (κ1) is 30.1. The highest BCUT2D eigenvalue weighted by atomic mass is 16.7. The average molecular weight is 629 g/mol. The predicted molar refractivity (Wildman–Crippen MR) is 170 cm³/mol. The van der Waals surface area contributed by atoms with Crippen LogP contribution in [0.25, 0.3) is 0 Å². The van der Waals surface area contributed by atoms with E-state index < -0.39 is 5.92 Å². The van der Waals surface area contributed by atoms with E-state index in [1.165, 1.54) is 6.42 Å². The van der Waals surface area contributed by atoms with Crippen LogP contribution >= 0.6 is 0 Å². The molecular formula is C36H40N2O8. The Hall–Kier alpha value is -4.60. The fourth-order valence-electron chi connectivity index (χ4n) is 7.53. The Morgan fingerprint density at radius 2 is 1.54 bits per heavy atom. The van der Waals surface area contributed by atoms with E-state index in [0.29, 0.717) is 41.6 Å². The van der Waals surface area contributed by atoms with Crippen molar-refractivity contribution in [3.05, 3.63) is 70.8 Å². The van der Waals surface area contributed by atoms with Crippen molar-refractivity contribution < 1.29 is 38.0 Å². The zero-order valence-electron chi connectivity index (χ0n) is 26.5. The van der Waals surface area contributed by atoms with E-state index in [9.17, 15) is 9.59 Å². The van der Waals surface area contributed by atoms with Gasteiger partial charge in [-0.25, -0.2) is 0 Å². The molecule has 7 rings (SSSR count). The number of aryl methyl sites for hydroxylation is 1. The summed E-state index contributed by atoms with van der Waals surface area (Å²) in [6.45, 7) is 2.17. The number of ether oxygens (including phenoxy) is 6. The molecule has 2 saturated heterocycles. The Balaban J connectivity index is 1.21. The second-order valence-corrected chi connectivity index (χ2v) is 12.4. The summed E-state index contributed by atoms with van der Waals surface area (Å²) in [5.74, 6) is 1.84. The number of anilines is 1. The minimum atomic E-state index is -0.465. The van der Waals surface area contributed by atoms with Crippen LogP contribution in [0.5, 0.6) is 28.7 Å². The Bertz CT molecular complexity index is 1590. The SMILES string of the molecule is COc1cc([C@@H]2c3cc4c(cc3[C@@H](Nc3ccc(CCC(=O)N5CCCCC5)cc3)[C@H]3COC(=O)[C@H]23)OCO4)cc(OC)c1OC. The number of rotatable bonds is 9. The Morgan fingerprint density at radius 1 is 0.870 bits per heavy atom. The third kappa shape index (κ3) is 5.43. The number of amides is 1. The average Bonchev–Trinajstić information content (AvgIpc) is 3.72. The van der Waals surface area contributed by atoms with Gasteiger partial charge in [0, 0.05) is 37.0 Å². The molecule has 4 atom stereocenters. The molecule has 4 aliphatic rings. The zero-order chi connectivity index (χ0) is 31.8. The lowest BCUT2D eigenvalue weighted by molar-refractivity contribution is -0.141. The number of carbonyl (C=O) groups excluding carboxylic acids is 2. The zero-order valence-corrected chi connectivity index (χ0v) is 26.5. The van der Waals surface area contributed by atoms with E-state index in [1.807, 2.05) is 41.3 Å². The predicted octanol–water partition coefficient (Wildman–Crippen LogP) is 5.47. The molecule has 2 fully saturated rings. The van der Waals surface area contributed by atoms with E-state index >= 15 is 0 Å². The molecule has 1 amide bonds. The van der Waals surface area contributed by atoms with Crippen LogP contribution in [0.4, 0.5) is 5.69 Å². The molecule has 0 unspecified atom stereocenters. The number of piperidine rings is 1. The number of methoxy groups -OCH3 is 3. The van der Waals surface area contributed by atoms with Crippen LogP contribution in [0.3, 0.4) is 0 Å². The summed E-state index contributed by atoms with van der Waals surface area (Å²) in [5, 5.41) is 3.73. The molecule has 0 radical (unpaired) electrons. The molecule has 3 aromatic carbocycles. The van der Waals surface area contributed by atoms with Crippen molar-refractivity contribution in [2.75, 3.05) is 53.1 Å². The number of benzene rings is 3. The van der Waals surface area contributed by atoms with Crippen LogP contribution in [-0.2, 0) is 20.7 Å². The monoisotopic (exact) mass is 628 g/mol. The summed E-state index contributed by atoms with van der Waals surface area (Å²) < 4.78 is 34.3. The van der Waals surface area contributed by atoms with Gasteiger partial charge in [-0.3, -0.25) is 9.59 Å². The van der Waals surface area contributed by atoms with E-state index in [0.717, 1.165) is 53.9 Å². The van der Waals surface area contributed by atoms with Crippen LogP contribution in [-0.4, -0.2) is 64.6 Å². The fraction of sp³-hybridized carbons (Fsp3) is 0.444. The third-order valence-corrected chi connectivity index (χ3v) is 9.85. The van der Waals surface area contributed by atoms with Crippen molar-refractivity contribution in [1.82, 2.24) is 4.90 Å². The smallest absolute Gasteiger partial charge is 0.310 e. The summed E-state index contributed by atoms with van der Waals surface area (Å²) in [6, 6.07) is 15.8. The molecule has 242 valence electrons. The lowest BCUT2D eigenvalue weighted by atomic mass is 9.65. The number of esters is 1. The first-order valence-corrected chi connectivity index (χ1v) is 16.0. The Kier molecular flexibility index (Phi) is 8.27. The maximum atomic E-state index is 13.5. The summed E-state index contributed by atoms with van der Waals surface area (Å²) >= 11 is 0. The van der Waals surface area contributed by atoms with Crippen LogP contribution in [0, 0.1) is 11.8 Å². The largest absolute Gasteiger partial charge is 0.493 e. The minimum absolute atomic E-state index is 0.141. The van der Waals surface area contributed by atoms with Crippen molar-refractivity contribution >= 4 is 17.6 Å². The molecule has 46 heavy (non-hydrogen) atoms. The molecule has 3 aromatic rings. The highest BCUT2D eigenvalue weighted by Crippen LogP contribution is 2.56. The number of likely N-dealkylation sites (tertiary alicyclic amines) is 1. The molecule has 0 aromatic heterocycles. The molecule has 10 nitrogen and oxygen atoms in total. The first-order chi connectivity index (χ1) is 22.5. The number of nitrogens with zero attached hydrogens (tertiary/aromatic N) is 1. The maximum absolute atomic E-state index is 13.5. The van der Waals surface area contributed by atoms with Gasteiger partial charge in [0.2, 0.25) is 18.4 Å². The lowest BCUT2D eigenvalue weighted by Crippen LogP contribution is -2.37. The van der Waals surface area contributed by atoms with Gasteiger partial charge in [-0.05, 0) is 84.3 Å². The van der Waals surface area contributed by atoms with Crippen LogP contribution in [0.1, 0.15) is 59.9 Å². The van der Waals surface area contributed by atoms with Gasteiger partial charge in [-0.1, -0.05) is 12.1 Å². The van der Waals surface area contributed by atoms with Crippen LogP contribution < -0.4 is 29.0 Å². The molecule has 1 aliphatic carbocycles. The molecular weight excluding hydrogens is 588 g/mol. The summed E-state index contributed by atoms with van der Waals surface area (Å²) in [4.78, 5) is 28.2. The number of hydrogen-bond acceptors (Lipinski definition) is 9. The quantitative estimate of drug-likeness (QED) is 0.309. The van der Waals surface area contributed by atoms with Crippen molar-refractivity contribution in [3.8, 4) is 28.7 Å². The van der Waals surface area contributed by atoms with Crippen molar-refractivity contribution in [3.63, 3.8) is 0 Å². The van der Waals surface area contributed by atoms with Gasteiger partial charge in [0.1, 0.15) is 0 Å². The Morgan fingerprint density at radius 3 is 2.20 bits per heavy atom. The fourth-order valence-corrected chi connectivity index (χ4v) is 7.53. The second-order valence-electron chi connectivity index (χ2n) is 12.4. The van der Waals surface area contributed by atoms with E-state index in [1.54, 1.807) is 21.3 Å². The number of nitrogens with one attached hydrogen (secondary N) is 1. The number of hydrogen-bond donors (Lipinski definition) is 1. The topological polar surface area (TPSA) is 105 Å². The summed E-state index contributed by atoms with van der Waals surface area (Å²) in [5.41, 5.74) is 4.85. The number of fused-ring (bicyclic) bond motifs is 3. The molecule has 0 saturated carbocycles. The lowest BCUT2D eigenvalue weighted by Gasteiger charge is -2.40. The number of cyclic esters (lactones) is 1. The van der Waals surface area contributed by atoms with Gasteiger partial charge in [-0.2, -0.15) is 0 Å². The minimum Gasteiger partial charge on any atom is -0.493 e. The van der Waals surface area contributed by atoms with Crippen LogP contribution in [0.15, 0.2) is 48.5 Å². The normalized spacial score (nSPS) is 22.8. The molecule has 10 heteroatoms. The van der Waals surface area contributed by atoms with Crippen molar-refractivity contribution in [2.45, 2.75) is 44.1 Å².